The lowest BCUT2D eigenvalue weighted by Crippen LogP contribution is -2.36. The van der Waals surface area contributed by atoms with Crippen LogP contribution in [-0.4, -0.2) is 31.3 Å². The molecule has 0 bridgehead atoms. The Kier molecular flexibility index (Phi) is 7.48. The van der Waals surface area contributed by atoms with Crippen LogP contribution in [0.25, 0.3) is 11.3 Å². The molecule has 28 heavy (non-hydrogen) atoms. The number of ether oxygens (including phenoxy) is 1. The molecule has 0 unspecified atom stereocenters. The Balaban J connectivity index is 2.35. The average Bonchev–Trinajstić information content (AvgIpc) is 3.08. The zero-order valence-corrected chi connectivity index (χ0v) is 17.8. The van der Waals surface area contributed by atoms with Gasteiger partial charge in [0.25, 0.3) is 0 Å². The Morgan fingerprint density at radius 3 is 2.61 bits per heavy atom. The second-order valence-electron chi connectivity index (χ2n) is 7.33. The first kappa shape index (κ1) is 22.2. The van der Waals surface area contributed by atoms with Gasteiger partial charge in [0, 0.05) is 18.3 Å². The number of aryl methyl sites for hydroxylation is 1. The summed E-state index contributed by atoms with van der Waals surface area (Å²) < 4.78 is 36.6. The van der Waals surface area contributed by atoms with Gasteiger partial charge in [0.2, 0.25) is 0 Å². The first-order chi connectivity index (χ1) is 13.2. The molecule has 0 spiro atoms. The fraction of sp³-hybridized carbons (Fsp3) is 0.500. The van der Waals surface area contributed by atoms with Crippen LogP contribution in [0, 0.1) is 5.82 Å². The Hall–Kier alpha value is -2.06. The van der Waals surface area contributed by atoms with E-state index in [9.17, 15) is 13.4 Å². The second kappa shape index (κ2) is 9.43. The molecule has 2 atom stereocenters. The van der Waals surface area contributed by atoms with E-state index in [1.165, 1.54) is 6.07 Å². The van der Waals surface area contributed by atoms with Gasteiger partial charge in [-0.25, -0.2) is 13.3 Å². The first-order valence-corrected chi connectivity index (χ1v) is 10.5. The molecule has 1 aromatic carbocycles. The van der Waals surface area contributed by atoms with Crippen molar-refractivity contribution < 1.29 is 18.1 Å². The number of esters is 1. The topological polar surface area (TPSA) is 73.2 Å². The number of aromatic nitrogens is 2. The van der Waals surface area contributed by atoms with Crippen LogP contribution in [0.4, 0.5) is 4.39 Å². The van der Waals surface area contributed by atoms with Gasteiger partial charge in [-0.15, -0.1) is 0 Å². The van der Waals surface area contributed by atoms with Gasteiger partial charge in [-0.1, -0.05) is 6.07 Å². The van der Waals surface area contributed by atoms with Crippen molar-refractivity contribution in [2.24, 2.45) is 0 Å². The number of nitrogens with zero attached hydrogens (tertiary/aromatic N) is 2. The summed E-state index contributed by atoms with van der Waals surface area (Å²) in [5.74, 6) is -0.857. The van der Waals surface area contributed by atoms with E-state index in [2.05, 4.69) is 9.82 Å². The number of halogens is 1. The summed E-state index contributed by atoms with van der Waals surface area (Å²) in [5, 5.41) is 4.17. The van der Waals surface area contributed by atoms with Gasteiger partial charge in [0.1, 0.15) is 5.82 Å². The number of hydrogen-bond acceptors (Lipinski definition) is 4. The molecule has 154 valence electrons. The summed E-state index contributed by atoms with van der Waals surface area (Å²) in [6, 6.07) is 5.90. The minimum atomic E-state index is -1.43. The fourth-order valence-electron chi connectivity index (χ4n) is 2.69. The quantitative estimate of drug-likeness (QED) is 0.674. The lowest BCUT2D eigenvalue weighted by Gasteiger charge is -2.24. The average molecular weight is 410 g/mol. The maximum Gasteiger partial charge on any atom is 0.307 e. The van der Waals surface area contributed by atoms with Gasteiger partial charge in [-0.2, -0.15) is 5.10 Å². The van der Waals surface area contributed by atoms with Gasteiger partial charge in [-0.05, 0) is 58.4 Å². The molecule has 0 amide bonds. The van der Waals surface area contributed by atoms with E-state index < -0.39 is 33.6 Å². The van der Waals surface area contributed by atoms with Crippen LogP contribution in [0.5, 0.6) is 0 Å². The summed E-state index contributed by atoms with van der Waals surface area (Å²) in [7, 11) is -1.43. The van der Waals surface area contributed by atoms with Crippen molar-refractivity contribution in [1.29, 1.82) is 0 Å². The van der Waals surface area contributed by atoms with Crippen LogP contribution in [-0.2, 0) is 27.1 Å². The maximum absolute atomic E-state index is 14.9. The number of carbonyl (C=O) groups is 1. The molecule has 0 saturated heterocycles. The highest BCUT2D eigenvalue weighted by Crippen LogP contribution is 2.28. The molecule has 0 radical (unpaired) electrons. The molecular weight excluding hydrogens is 381 g/mol. The highest BCUT2D eigenvalue weighted by atomic mass is 32.2. The molecule has 0 saturated carbocycles. The second-order valence-corrected chi connectivity index (χ2v) is 9.33. The van der Waals surface area contributed by atoms with Crippen molar-refractivity contribution in [3.63, 3.8) is 0 Å². The Labute approximate surface area is 168 Å². The lowest BCUT2D eigenvalue weighted by atomic mass is 10.0. The predicted octanol–water partition coefficient (Wildman–Crippen LogP) is 3.76. The van der Waals surface area contributed by atoms with Crippen molar-refractivity contribution >= 4 is 17.0 Å². The number of carbonyl (C=O) groups excluding carboxylic acids is 1. The first-order valence-electron chi connectivity index (χ1n) is 9.32. The van der Waals surface area contributed by atoms with E-state index >= 15 is 0 Å². The van der Waals surface area contributed by atoms with E-state index in [-0.39, 0.29) is 13.0 Å². The zero-order valence-electron chi connectivity index (χ0n) is 17.0. The molecule has 1 heterocycles. The highest BCUT2D eigenvalue weighted by molar-refractivity contribution is 7.84. The molecule has 0 aliphatic carbocycles. The third-order valence-corrected chi connectivity index (χ3v) is 5.78. The van der Waals surface area contributed by atoms with Crippen molar-refractivity contribution in [3.05, 3.63) is 41.8 Å². The van der Waals surface area contributed by atoms with Crippen molar-refractivity contribution in [2.75, 3.05) is 6.61 Å². The van der Waals surface area contributed by atoms with Gasteiger partial charge >= 0.3 is 5.97 Å². The summed E-state index contributed by atoms with van der Waals surface area (Å²) in [4.78, 5) is 12.0. The van der Waals surface area contributed by atoms with E-state index in [4.69, 9.17) is 4.74 Å². The predicted molar refractivity (Wildman–Crippen MR) is 108 cm³/mol. The van der Waals surface area contributed by atoms with E-state index in [1.807, 2.05) is 27.7 Å². The van der Waals surface area contributed by atoms with Gasteiger partial charge in [-0.3, -0.25) is 9.48 Å². The molecule has 8 heteroatoms. The third-order valence-electron chi connectivity index (χ3n) is 4.17. The number of hydrogen-bond donors (Lipinski definition) is 1. The van der Waals surface area contributed by atoms with Crippen LogP contribution in [0.1, 0.15) is 52.6 Å². The molecule has 2 rings (SSSR count). The zero-order chi connectivity index (χ0) is 20.9. The van der Waals surface area contributed by atoms with Gasteiger partial charge in [0.05, 0.1) is 40.5 Å². The Morgan fingerprint density at radius 2 is 2.04 bits per heavy atom. The van der Waals surface area contributed by atoms with E-state index in [1.54, 1.807) is 36.0 Å². The monoisotopic (exact) mass is 409 g/mol. The molecule has 1 aromatic heterocycles. The number of benzene rings is 1. The summed E-state index contributed by atoms with van der Waals surface area (Å²) in [5.41, 5.74) is 1.64. The van der Waals surface area contributed by atoms with Crippen LogP contribution >= 0.6 is 0 Å². The number of rotatable bonds is 8. The fourth-order valence-corrected chi connectivity index (χ4v) is 3.52. The standard InChI is InChI=1S/C20H28FN3O3S/c1-6-24-18(10-11-22-24)15-9-8-14(12-16(15)21)17(13-19(25)27-7-2)23-28(26)20(3,4)5/h8-12,17,23H,6-7,13H2,1-5H3/t17-,28+/m0/s1. The molecule has 0 fully saturated rings. The van der Waals surface area contributed by atoms with Crippen LogP contribution in [0.3, 0.4) is 0 Å². The smallest absolute Gasteiger partial charge is 0.307 e. The largest absolute Gasteiger partial charge is 0.466 e. The minimum Gasteiger partial charge on any atom is -0.466 e. The van der Waals surface area contributed by atoms with E-state index in [0.29, 0.717) is 23.4 Å². The maximum atomic E-state index is 14.9. The molecule has 6 nitrogen and oxygen atoms in total. The van der Waals surface area contributed by atoms with Crippen molar-refractivity contribution in [1.82, 2.24) is 14.5 Å². The number of nitrogens with one attached hydrogen (secondary N) is 1. The van der Waals surface area contributed by atoms with Crippen molar-refractivity contribution in [2.45, 2.75) is 58.4 Å². The van der Waals surface area contributed by atoms with E-state index in [0.717, 1.165) is 0 Å². The lowest BCUT2D eigenvalue weighted by molar-refractivity contribution is -0.143. The summed E-state index contributed by atoms with van der Waals surface area (Å²) >= 11 is 0. The van der Waals surface area contributed by atoms with Gasteiger partial charge in [0.15, 0.2) is 0 Å². The van der Waals surface area contributed by atoms with Gasteiger partial charge < -0.3 is 4.74 Å². The van der Waals surface area contributed by atoms with Crippen LogP contribution in [0.15, 0.2) is 30.5 Å². The Bertz CT molecular complexity index is 845. The molecular formula is C20H28FN3O3S. The normalized spacial score (nSPS) is 13.9. The Morgan fingerprint density at radius 1 is 1.32 bits per heavy atom. The van der Waals surface area contributed by atoms with Crippen LogP contribution in [0.2, 0.25) is 0 Å². The highest BCUT2D eigenvalue weighted by Gasteiger charge is 2.26. The van der Waals surface area contributed by atoms with Crippen molar-refractivity contribution in [3.8, 4) is 11.3 Å². The summed E-state index contributed by atoms with van der Waals surface area (Å²) in [6.45, 7) is 10.0. The molecule has 0 aliphatic heterocycles. The third kappa shape index (κ3) is 5.48. The molecule has 1 N–H and O–H groups in total. The molecule has 0 aliphatic rings. The summed E-state index contributed by atoms with van der Waals surface area (Å²) in [6.07, 6.45) is 1.59. The van der Waals surface area contributed by atoms with Crippen LogP contribution < -0.4 is 4.72 Å². The minimum absolute atomic E-state index is 0.0403. The molecule has 2 aromatic rings. The SMILES string of the molecule is CCOC(=O)C[C@H](N[S@](=O)C(C)(C)C)c1ccc(-c2ccnn2CC)c(F)c1.